The van der Waals surface area contributed by atoms with Crippen LogP contribution in [0.2, 0.25) is 0 Å². The summed E-state index contributed by atoms with van der Waals surface area (Å²) in [4.78, 5) is 85.2. The molecule has 0 aliphatic carbocycles. The smallest absolute Gasteiger partial charge is 0.672 e. The van der Waals surface area contributed by atoms with E-state index in [9.17, 15) is 0 Å². The Morgan fingerprint density at radius 2 is 0.333 bits per heavy atom. The number of rotatable bonds is 0. The maximum Gasteiger partial charge on any atom is 3.00 e. The van der Waals surface area contributed by atoms with Crippen LogP contribution in [0.4, 0.5) is 0 Å². The Balaban J connectivity index is -0.0000000161. The van der Waals surface area contributed by atoms with Gasteiger partial charge in [-0.05, 0) is 0 Å². The molecular formula is Bi2O15Pb2Si5. The summed E-state index contributed by atoms with van der Waals surface area (Å²) >= 11 is 0. The second-order valence-electron chi connectivity index (χ2n) is 1.25. The Bertz CT molecular complexity index is 221. The fourth-order valence-corrected chi connectivity index (χ4v) is 0. The molecule has 0 aromatic rings. The van der Waals surface area contributed by atoms with Crippen LogP contribution in [-0.4, -0.2) is 153 Å². The molecule has 0 saturated carbocycles. The molecule has 24 heteroatoms. The van der Waals surface area contributed by atoms with Gasteiger partial charge in [-0.2, -0.15) is 0 Å². The van der Waals surface area contributed by atoms with Crippen molar-refractivity contribution in [3.8, 4) is 0 Å². The standard InChI is InChI=1S/2Bi.5O3Si.2Pb/c;;5*1-4(2)3;;/q2*+3;5*-2;2*+2. The van der Waals surface area contributed by atoms with Crippen molar-refractivity contribution in [1.29, 1.82) is 0 Å². The molecule has 15 nitrogen and oxygen atoms in total. The van der Waals surface area contributed by atoms with Crippen molar-refractivity contribution in [1.82, 2.24) is 0 Å². The van der Waals surface area contributed by atoms with Crippen molar-refractivity contribution in [2.75, 3.05) is 0 Å². The Labute approximate surface area is 220 Å². The predicted octanol–water partition coefficient (Wildman–Crippen LogP) is -15.9. The molecule has 0 aliphatic heterocycles. The largest absolute Gasteiger partial charge is 3.00 e. The second-order valence-corrected chi connectivity index (χ2v) is 3.75. The molecule has 0 amide bonds. The fourth-order valence-electron chi connectivity index (χ4n) is 0. The van der Waals surface area contributed by atoms with E-state index < -0.39 is 45.9 Å². The first kappa shape index (κ1) is 56.2. The van der Waals surface area contributed by atoms with E-state index in [-0.39, 0.29) is 107 Å². The van der Waals surface area contributed by atoms with Crippen molar-refractivity contribution in [2.24, 2.45) is 0 Å². The van der Waals surface area contributed by atoms with E-state index >= 15 is 0 Å². The summed E-state index contributed by atoms with van der Waals surface area (Å²) in [5, 5.41) is 0. The summed E-state index contributed by atoms with van der Waals surface area (Å²) in [6.45, 7) is 0. The summed E-state index contributed by atoms with van der Waals surface area (Å²) in [6, 6.07) is 0. The van der Waals surface area contributed by atoms with Crippen LogP contribution in [0, 0.1) is 0 Å². The van der Waals surface area contributed by atoms with Crippen LogP contribution >= 0.6 is 0 Å². The maximum absolute atomic E-state index is 8.52. The van der Waals surface area contributed by atoms with Crippen LogP contribution in [-0.2, 0) is 22.3 Å². The van der Waals surface area contributed by atoms with Crippen molar-refractivity contribution >= 4 is 153 Å². The summed E-state index contributed by atoms with van der Waals surface area (Å²) in [6.07, 6.45) is 0. The molecule has 0 atom stereocenters. The molecule has 0 unspecified atom stereocenters. The van der Waals surface area contributed by atoms with E-state index in [1.807, 2.05) is 0 Å². The van der Waals surface area contributed by atoms with E-state index in [4.69, 9.17) is 70.3 Å². The van der Waals surface area contributed by atoms with E-state index in [0.717, 1.165) is 0 Å². The molecule has 8 radical (unpaired) electrons. The third kappa shape index (κ3) is 4250. The maximum atomic E-state index is 8.52. The molecule has 0 spiro atoms. The fraction of sp³-hybridized carbons (Fsp3) is 0. The van der Waals surface area contributed by atoms with Crippen LogP contribution in [0.3, 0.4) is 0 Å². The van der Waals surface area contributed by atoms with Gasteiger partial charge in [0.15, 0.2) is 0 Å². The summed E-state index contributed by atoms with van der Waals surface area (Å²) < 4.78 is 42.6. The van der Waals surface area contributed by atoms with Gasteiger partial charge in [0, 0.05) is 45.9 Å². The van der Waals surface area contributed by atoms with Crippen LogP contribution in [0.1, 0.15) is 0 Å². The minimum atomic E-state index is -3.63. The minimum Gasteiger partial charge on any atom is -0.672 e. The van der Waals surface area contributed by atoms with Crippen LogP contribution < -0.4 is 48.0 Å². The zero-order valence-electron chi connectivity index (χ0n) is 10.5. The summed E-state index contributed by atoms with van der Waals surface area (Å²) in [5.41, 5.74) is 0. The van der Waals surface area contributed by atoms with E-state index in [2.05, 4.69) is 0 Å². The van der Waals surface area contributed by atoms with E-state index in [1.165, 1.54) is 0 Å². The zero-order valence-corrected chi connectivity index (χ0v) is 30.2. The van der Waals surface area contributed by atoms with Gasteiger partial charge in [-0.1, -0.05) is 0 Å². The molecule has 0 aromatic heterocycles. The van der Waals surface area contributed by atoms with Gasteiger partial charge in [-0.3, -0.25) is 0 Å². The van der Waals surface area contributed by atoms with Gasteiger partial charge >= 0.3 is 107 Å². The predicted molar refractivity (Wildman–Crippen MR) is 55.2 cm³/mol. The number of hydrogen-bond acceptors (Lipinski definition) is 15. The van der Waals surface area contributed by atoms with Gasteiger partial charge in [-0.25, -0.2) is 0 Å². The van der Waals surface area contributed by atoms with Gasteiger partial charge in [0.2, 0.25) is 0 Å². The molecule has 0 fully saturated rings. The van der Waals surface area contributed by atoms with Crippen LogP contribution in [0.25, 0.3) is 0 Å². The molecule has 0 N–H and O–H groups in total. The molecule has 0 aromatic carbocycles. The third-order valence-corrected chi connectivity index (χ3v) is 0. The van der Waals surface area contributed by atoms with Gasteiger partial charge in [0.05, 0.1) is 0 Å². The van der Waals surface area contributed by atoms with E-state index in [0.29, 0.717) is 0 Å². The Morgan fingerprint density at radius 1 is 0.333 bits per heavy atom. The minimum absolute atomic E-state index is 0. The quantitative estimate of drug-likeness (QED) is 0.204. The molecular weight excluding hydrogens is 1210 g/mol. The van der Waals surface area contributed by atoms with Crippen molar-refractivity contribution in [2.45, 2.75) is 0 Å². The van der Waals surface area contributed by atoms with E-state index in [1.54, 1.807) is 0 Å². The van der Waals surface area contributed by atoms with Gasteiger partial charge in [0.1, 0.15) is 0 Å². The van der Waals surface area contributed by atoms with Crippen molar-refractivity contribution in [3.05, 3.63) is 0 Å². The first-order chi connectivity index (χ1) is 8.66. The Kier molecular flexibility index (Phi) is 117. The monoisotopic (exact) mass is 1210 g/mol. The van der Waals surface area contributed by atoms with Crippen molar-refractivity contribution in [3.63, 3.8) is 0 Å². The van der Waals surface area contributed by atoms with Crippen LogP contribution in [0.5, 0.6) is 0 Å². The van der Waals surface area contributed by atoms with Gasteiger partial charge in [-0.15, -0.1) is 0 Å². The average Bonchev–Trinajstić information content (AvgIpc) is 1.94. The molecule has 0 saturated heterocycles. The molecule has 0 rings (SSSR count). The van der Waals surface area contributed by atoms with Crippen molar-refractivity contribution < 1.29 is 70.3 Å². The molecule has 24 heavy (non-hydrogen) atoms. The summed E-state index contributed by atoms with van der Waals surface area (Å²) in [7, 11) is -18.1. The molecule has 0 heterocycles. The summed E-state index contributed by atoms with van der Waals surface area (Å²) in [5.74, 6) is 0. The molecule has 0 aliphatic rings. The Morgan fingerprint density at radius 3 is 0.333 bits per heavy atom. The average molecular weight is 1210 g/mol. The first-order valence-corrected chi connectivity index (χ1v) is 9.19. The molecule has 128 valence electrons. The van der Waals surface area contributed by atoms with Gasteiger partial charge < -0.3 is 70.3 Å². The first-order valence-electron chi connectivity index (χ1n) is 3.06. The third-order valence-electron chi connectivity index (χ3n) is 0. The van der Waals surface area contributed by atoms with Gasteiger partial charge in [0.25, 0.3) is 0 Å². The molecule has 0 bridgehead atoms. The SMILES string of the molecule is O=[Si]([O-])[O-].O=[Si]([O-])[O-].O=[Si]([O-])[O-].O=[Si]([O-])[O-].O=[Si]([O-])[O-].[Bi+3].[Bi+3].[Pb+2].[Pb+2]. The van der Waals surface area contributed by atoms with Crippen LogP contribution in [0.15, 0.2) is 0 Å². The Hall–Kier alpha value is 1.69. The topological polar surface area (TPSA) is 316 Å². The second kappa shape index (κ2) is 49.7. The number of hydrogen-bond donors (Lipinski definition) is 0. The zero-order chi connectivity index (χ0) is 17.9. The normalized spacial score (nSPS) is 5.00.